The van der Waals surface area contributed by atoms with Gasteiger partial charge in [0.15, 0.2) is 0 Å². The highest BCUT2D eigenvalue weighted by Crippen LogP contribution is 2.27. The maximum absolute atomic E-state index is 12.7. The lowest BCUT2D eigenvalue weighted by Gasteiger charge is -2.17. The average Bonchev–Trinajstić information content (AvgIpc) is 3.25. The Hall–Kier alpha value is -2.70. The van der Waals surface area contributed by atoms with Crippen LogP contribution in [0.15, 0.2) is 42.5 Å². The summed E-state index contributed by atoms with van der Waals surface area (Å²) in [4.78, 5) is 38.8. The lowest BCUT2D eigenvalue weighted by atomic mass is 10.1. The van der Waals surface area contributed by atoms with E-state index in [-0.39, 0.29) is 30.4 Å². The Labute approximate surface area is 161 Å². The van der Waals surface area contributed by atoms with Crippen LogP contribution in [0.2, 0.25) is 5.02 Å². The Morgan fingerprint density at radius 3 is 2.56 bits per heavy atom. The van der Waals surface area contributed by atoms with Gasteiger partial charge in [-0.25, -0.2) is 0 Å². The predicted molar refractivity (Wildman–Crippen MR) is 100 cm³/mol. The molecular weight excluding hydrogens is 368 g/mol. The molecular formula is C20H17ClN2O4. The molecule has 1 N–H and O–H groups in total. The molecule has 1 atom stereocenters. The molecule has 1 unspecified atom stereocenters. The van der Waals surface area contributed by atoms with Gasteiger partial charge in [0.25, 0.3) is 17.7 Å². The SMILES string of the molecule is O=C(Nc1ccc2c(c1)C(=O)N(CC1CCCO1)C2=O)c1ccc(Cl)cc1. The Balaban J connectivity index is 1.52. The van der Waals surface area contributed by atoms with Crippen molar-refractivity contribution in [2.45, 2.75) is 18.9 Å². The number of hydrogen-bond acceptors (Lipinski definition) is 4. The number of nitrogens with zero attached hydrogens (tertiary/aromatic N) is 1. The van der Waals surface area contributed by atoms with Crippen molar-refractivity contribution in [3.8, 4) is 0 Å². The average molecular weight is 385 g/mol. The van der Waals surface area contributed by atoms with E-state index in [2.05, 4.69) is 5.32 Å². The van der Waals surface area contributed by atoms with Gasteiger partial charge in [0.05, 0.1) is 23.8 Å². The number of rotatable bonds is 4. The van der Waals surface area contributed by atoms with Crippen molar-refractivity contribution in [3.63, 3.8) is 0 Å². The van der Waals surface area contributed by atoms with Crippen LogP contribution >= 0.6 is 11.6 Å². The smallest absolute Gasteiger partial charge is 0.261 e. The monoisotopic (exact) mass is 384 g/mol. The fraction of sp³-hybridized carbons (Fsp3) is 0.250. The van der Waals surface area contributed by atoms with Gasteiger partial charge in [0, 0.05) is 22.9 Å². The quantitative estimate of drug-likeness (QED) is 0.820. The third kappa shape index (κ3) is 3.46. The maximum Gasteiger partial charge on any atom is 0.261 e. The first-order valence-electron chi connectivity index (χ1n) is 8.72. The molecule has 2 heterocycles. The van der Waals surface area contributed by atoms with Crippen LogP contribution in [-0.2, 0) is 4.74 Å². The number of carbonyl (C=O) groups is 3. The van der Waals surface area contributed by atoms with Gasteiger partial charge in [0.2, 0.25) is 0 Å². The summed E-state index contributed by atoms with van der Waals surface area (Å²) in [5.74, 6) is -0.992. The third-order valence-electron chi connectivity index (χ3n) is 4.75. The van der Waals surface area contributed by atoms with Gasteiger partial charge < -0.3 is 10.1 Å². The fourth-order valence-electron chi connectivity index (χ4n) is 3.33. The summed E-state index contributed by atoms with van der Waals surface area (Å²) in [7, 11) is 0. The van der Waals surface area contributed by atoms with Gasteiger partial charge in [-0.15, -0.1) is 0 Å². The van der Waals surface area contributed by atoms with Crippen LogP contribution in [-0.4, -0.2) is 41.9 Å². The van der Waals surface area contributed by atoms with E-state index in [0.717, 1.165) is 12.8 Å². The maximum atomic E-state index is 12.7. The van der Waals surface area contributed by atoms with Gasteiger partial charge in [-0.3, -0.25) is 19.3 Å². The van der Waals surface area contributed by atoms with Gasteiger partial charge >= 0.3 is 0 Å². The molecule has 0 spiro atoms. The summed E-state index contributed by atoms with van der Waals surface area (Å²) < 4.78 is 5.53. The van der Waals surface area contributed by atoms with Crippen LogP contribution in [0.3, 0.4) is 0 Å². The molecule has 0 aromatic heterocycles. The second kappa shape index (κ2) is 7.13. The van der Waals surface area contributed by atoms with Crippen LogP contribution in [0.4, 0.5) is 5.69 Å². The van der Waals surface area contributed by atoms with E-state index in [9.17, 15) is 14.4 Å². The van der Waals surface area contributed by atoms with Crippen molar-refractivity contribution in [1.82, 2.24) is 4.90 Å². The highest BCUT2D eigenvalue weighted by Gasteiger charge is 2.37. The summed E-state index contributed by atoms with van der Waals surface area (Å²) in [6.07, 6.45) is 1.68. The number of halogens is 1. The van der Waals surface area contributed by atoms with E-state index < -0.39 is 0 Å². The minimum Gasteiger partial charge on any atom is -0.376 e. The molecule has 138 valence electrons. The number of ether oxygens (including phenoxy) is 1. The van der Waals surface area contributed by atoms with E-state index in [1.165, 1.54) is 4.90 Å². The lowest BCUT2D eigenvalue weighted by molar-refractivity contribution is 0.0475. The minimum absolute atomic E-state index is 0.101. The molecule has 4 rings (SSSR count). The molecule has 6 nitrogen and oxygen atoms in total. The molecule has 2 aromatic rings. The zero-order chi connectivity index (χ0) is 19.0. The van der Waals surface area contributed by atoms with Gasteiger partial charge in [-0.05, 0) is 55.3 Å². The topological polar surface area (TPSA) is 75.7 Å². The Kier molecular flexibility index (Phi) is 4.68. The molecule has 3 amide bonds. The van der Waals surface area contributed by atoms with Crippen molar-refractivity contribution >= 4 is 35.0 Å². The summed E-state index contributed by atoms with van der Waals surface area (Å²) in [6.45, 7) is 0.924. The molecule has 2 aliphatic heterocycles. The molecule has 2 aliphatic rings. The fourth-order valence-corrected chi connectivity index (χ4v) is 3.46. The predicted octanol–water partition coefficient (Wildman–Crippen LogP) is 3.37. The number of benzene rings is 2. The van der Waals surface area contributed by atoms with Crippen molar-refractivity contribution in [3.05, 3.63) is 64.2 Å². The highest BCUT2D eigenvalue weighted by molar-refractivity contribution is 6.30. The minimum atomic E-state index is -0.354. The molecule has 0 radical (unpaired) electrons. The molecule has 0 aliphatic carbocycles. The number of carbonyl (C=O) groups excluding carboxylic acids is 3. The molecule has 0 bridgehead atoms. The van der Waals surface area contributed by atoms with Crippen LogP contribution < -0.4 is 5.32 Å². The number of fused-ring (bicyclic) bond motifs is 1. The first-order chi connectivity index (χ1) is 13.0. The lowest BCUT2D eigenvalue weighted by Crippen LogP contribution is -2.36. The Morgan fingerprint density at radius 2 is 1.85 bits per heavy atom. The van der Waals surface area contributed by atoms with Crippen molar-refractivity contribution in [2.24, 2.45) is 0 Å². The van der Waals surface area contributed by atoms with Crippen LogP contribution in [0.5, 0.6) is 0 Å². The van der Waals surface area contributed by atoms with Gasteiger partial charge in [-0.1, -0.05) is 11.6 Å². The molecule has 27 heavy (non-hydrogen) atoms. The highest BCUT2D eigenvalue weighted by atomic mass is 35.5. The number of nitrogens with one attached hydrogen (secondary N) is 1. The Morgan fingerprint density at radius 1 is 1.11 bits per heavy atom. The standard InChI is InChI=1S/C20H17ClN2O4/c21-13-5-3-12(4-6-13)18(24)22-14-7-8-16-17(10-14)20(26)23(19(16)25)11-15-2-1-9-27-15/h3-8,10,15H,1-2,9,11H2,(H,22,24). The second-order valence-corrected chi connectivity index (χ2v) is 7.01. The van der Waals surface area contributed by atoms with E-state index in [1.807, 2.05) is 0 Å². The van der Waals surface area contributed by atoms with E-state index in [4.69, 9.17) is 16.3 Å². The second-order valence-electron chi connectivity index (χ2n) is 6.58. The number of amides is 3. The number of imide groups is 1. The van der Waals surface area contributed by atoms with Gasteiger partial charge in [0.1, 0.15) is 0 Å². The van der Waals surface area contributed by atoms with Crippen molar-refractivity contribution in [1.29, 1.82) is 0 Å². The summed E-state index contributed by atoms with van der Waals surface area (Å²) >= 11 is 5.83. The molecule has 7 heteroatoms. The van der Waals surface area contributed by atoms with Crippen molar-refractivity contribution < 1.29 is 19.1 Å². The van der Waals surface area contributed by atoms with E-state index in [1.54, 1.807) is 42.5 Å². The van der Waals surface area contributed by atoms with Crippen LogP contribution in [0.25, 0.3) is 0 Å². The van der Waals surface area contributed by atoms with Crippen LogP contribution in [0, 0.1) is 0 Å². The zero-order valence-electron chi connectivity index (χ0n) is 14.4. The summed E-state index contributed by atoms with van der Waals surface area (Å²) in [6, 6.07) is 11.2. The van der Waals surface area contributed by atoms with Crippen LogP contribution in [0.1, 0.15) is 43.9 Å². The largest absolute Gasteiger partial charge is 0.376 e. The molecule has 2 aromatic carbocycles. The third-order valence-corrected chi connectivity index (χ3v) is 5.00. The summed E-state index contributed by atoms with van der Waals surface area (Å²) in [5, 5.41) is 3.28. The van der Waals surface area contributed by atoms with Gasteiger partial charge in [-0.2, -0.15) is 0 Å². The summed E-state index contributed by atoms with van der Waals surface area (Å²) in [5.41, 5.74) is 1.55. The van der Waals surface area contributed by atoms with E-state index in [0.29, 0.717) is 34.0 Å². The first kappa shape index (κ1) is 17.7. The number of anilines is 1. The zero-order valence-corrected chi connectivity index (χ0v) is 15.2. The molecule has 1 fully saturated rings. The Bertz CT molecular complexity index is 920. The first-order valence-corrected chi connectivity index (χ1v) is 9.09. The van der Waals surface area contributed by atoms with E-state index >= 15 is 0 Å². The number of hydrogen-bond donors (Lipinski definition) is 1. The van der Waals surface area contributed by atoms with Crippen molar-refractivity contribution in [2.75, 3.05) is 18.5 Å². The molecule has 1 saturated heterocycles. The molecule has 0 saturated carbocycles. The normalized spacial score (nSPS) is 18.7.